The molecule has 1 aliphatic heterocycles. The molecule has 4 heteroatoms. The van der Waals surface area contributed by atoms with Gasteiger partial charge in [0.25, 0.3) is 0 Å². The summed E-state index contributed by atoms with van der Waals surface area (Å²) in [5, 5.41) is 0. The van der Waals surface area contributed by atoms with Crippen molar-refractivity contribution >= 4 is 11.7 Å². The molecule has 1 rings (SSSR count). The Labute approximate surface area is 104 Å². The van der Waals surface area contributed by atoms with Crippen LogP contribution >= 0.6 is 0 Å². The summed E-state index contributed by atoms with van der Waals surface area (Å²) in [4.78, 5) is 27.4. The molecule has 0 radical (unpaired) electrons. The molecule has 0 N–H and O–H groups in total. The van der Waals surface area contributed by atoms with Crippen molar-refractivity contribution in [1.82, 2.24) is 9.80 Å². The van der Waals surface area contributed by atoms with Gasteiger partial charge in [-0.2, -0.15) is 0 Å². The van der Waals surface area contributed by atoms with E-state index < -0.39 is 0 Å². The lowest BCUT2D eigenvalue weighted by molar-refractivity contribution is -0.138. The van der Waals surface area contributed by atoms with Gasteiger partial charge in [0, 0.05) is 38.5 Å². The van der Waals surface area contributed by atoms with Crippen molar-refractivity contribution in [3.63, 3.8) is 0 Å². The van der Waals surface area contributed by atoms with E-state index in [1.165, 1.54) is 0 Å². The second-order valence-corrected chi connectivity index (χ2v) is 5.66. The Balaban J connectivity index is 2.87. The summed E-state index contributed by atoms with van der Waals surface area (Å²) in [6.07, 6.45) is 0.531. The molecule has 4 nitrogen and oxygen atoms in total. The summed E-state index contributed by atoms with van der Waals surface area (Å²) in [6.45, 7) is 11.8. The third-order valence-electron chi connectivity index (χ3n) is 3.41. The van der Waals surface area contributed by atoms with Crippen LogP contribution in [0.2, 0.25) is 0 Å². The number of hydrogen-bond donors (Lipinski definition) is 0. The van der Waals surface area contributed by atoms with E-state index in [1.807, 2.05) is 6.92 Å². The van der Waals surface area contributed by atoms with Crippen molar-refractivity contribution < 1.29 is 9.59 Å². The van der Waals surface area contributed by atoms with Gasteiger partial charge < -0.3 is 4.90 Å². The third kappa shape index (κ3) is 3.28. The van der Waals surface area contributed by atoms with Crippen LogP contribution < -0.4 is 0 Å². The van der Waals surface area contributed by atoms with Gasteiger partial charge in [-0.05, 0) is 20.8 Å². The summed E-state index contributed by atoms with van der Waals surface area (Å²) in [7, 11) is 0. The molecule has 0 aromatic carbocycles. The first-order valence-electron chi connectivity index (χ1n) is 6.32. The highest BCUT2D eigenvalue weighted by atomic mass is 16.2. The number of ketones is 1. The monoisotopic (exact) mass is 240 g/mol. The first-order chi connectivity index (χ1) is 7.77. The van der Waals surface area contributed by atoms with Crippen LogP contribution in [0.5, 0.6) is 0 Å². The predicted molar refractivity (Wildman–Crippen MR) is 67.8 cm³/mol. The molecule has 1 saturated heterocycles. The van der Waals surface area contributed by atoms with Crippen molar-refractivity contribution in [3.05, 3.63) is 0 Å². The van der Waals surface area contributed by atoms with Crippen LogP contribution in [-0.4, -0.2) is 52.7 Å². The average Bonchev–Trinajstić information content (AvgIpc) is 2.25. The van der Waals surface area contributed by atoms with Crippen LogP contribution in [0.15, 0.2) is 0 Å². The maximum atomic E-state index is 12.0. The number of carbonyl (C=O) groups excluding carboxylic acids is 2. The van der Waals surface area contributed by atoms with Crippen LogP contribution in [0.25, 0.3) is 0 Å². The Morgan fingerprint density at radius 2 is 1.82 bits per heavy atom. The molecule has 0 aromatic rings. The Morgan fingerprint density at radius 3 is 2.24 bits per heavy atom. The lowest BCUT2D eigenvalue weighted by atomic mass is 9.97. The van der Waals surface area contributed by atoms with Gasteiger partial charge in [0.2, 0.25) is 5.91 Å². The average molecular weight is 240 g/mol. The summed E-state index contributed by atoms with van der Waals surface area (Å²) in [6, 6.07) is -0.141. The van der Waals surface area contributed by atoms with Gasteiger partial charge in [-0.1, -0.05) is 6.92 Å². The molecule has 1 amide bonds. The molecule has 0 aliphatic carbocycles. The van der Waals surface area contributed by atoms with Crippen LogP contribution in [0, 0.1) is 0 Å². The highest BCUT2D eigenvalue weighted by molar-refractivity contribution is 5.85. The van der Waals surface area contributed by atoms with Gasteiger partial charge in [-0.3, -0.25) is 14.5 Å². The van der Waals surface area contributed by atoms with E-state index in [9.17, 15) is 9.59 Å². The molecule has 17 heavy (non-hydrogen) atoms. The van der Waals surface area contributed by atoms with E-state index in [4.69, 9.17) is 0 Å². The summed E-state index contributed by atoms with van der Waals surface area (Å²) in [5.41, 5.74) is -0.0294. The van der Waals surface area contributed by atoms with Crippen LogP contribution in [0.1, 0.15) is 41.0 Å². The molecule has 1 fully saturated rings. The third-order valence-corrected chi connectivity index (χ3v) is 3.41. The lowest BCUT2D eigenvalue weighted by Crippen LogP contribution is -2.62. The summed E-state index contributed by atoms with van der Waals surface area (Å²) < 4.78 is 0. The Bertz CT molecular complexity index is 307. The lowest BCUT2D eigenvalue weighted by Gasteiger charge is -2.47. The quantitative estimate of drug-likeness (QED) is 0.730. The highest BCUT2D eigenvalue weighted by Gasteiger charge is 2.37. The second kappa shape index (κ2) is 5.17. The molecule has 98 valence electrons. The van der Waals surface area contributed by atoms with Crippen molar-refractivity contribution in [2.24, 2.45) is 0 Å². The van der Waals surface area contributed by atoms with E-state index in [0.29, 0.717) is 13.0 Å². The van der Waals surface area contributed by atoms with Gasteiger partial charge in [-0.15, -0.1) is 0 Å². The number of carbonyl (C=O) groups is 2. The Hall–Kier alpha value is -0.900. The van der Waals surface area contributed by atoms with Gasteiger partial charge in [0.05, 0.1) is 6.04 Å². The molecule has 1 atom stereocenters. The molecule has 1 unspecified atom stereocenters. The standard InChI is InChI=1S/C13H24N2O2/c1-6-12(17)11-9-14(10(2)16)7-8-15(11)13(3,4)5/h11H,6-9H2,1-5H3. The van der Waals surface area contributed by atoms with E-state index in [0.717, 1.165) is 13.1 Å². The Kier molecular flexibility index (Phi) is 4.31. The number of hydrogen-bond acceptors (Lipinski definition) is 3. The Morgan fingerprint density at radius 1 is 1.24 bits per heavy atom. The van der Waals surface area contributed by atoms with Crippen molar-refractivity contribution in [1.29, 1.82) is 0 Å². The smallest absolute Gasteiger partial charge is 0.219 e. The molecule has 0 saturated carbocycles. The number of piperazine rings is 1. The first kappa shape index (κ1) is 14.2. The van der Waals surface area contributed by atoms with Crippen molar-refractivity contribution in [2.75, 3.05) is 19.6 Å². The second-order valence-electron chi connectivity index (χ2n) is 5.66. The molecule has 0 aromatic heterocycles. The minimum absolute atomic E-state index is 0.0294. The maximum Gasteiger partial charge on any atom is 0.219 e. The topological polar surface area (TPSA) is 40.6 Å². The number of amides is 1. The molecule has 1 heterocycles. The summed E-state index contributed by atoms with van der Waals surface area (Å²) >= 11 is 0. The van der Waals surface area contributed by atoms with E-state index in [-0.39, 0.29) is 23.3 Å². The zero-order valence-corrected chi connectivity index (χ0v) is 11.6. The van der Waals surface area contributed by atoms with Crippen LogP contribution in [0.4, 0.5) is 0 Å². The largest absolute Gasteiger partial charge is 0.340 e. The van der Waals surface area contributed by atoms with Gasteiger partial charge in [-0.25, -0.2) is 0 Å². The summed E-state index contributed by atoms with van der Waals surface area (Å²) in [5.74, 6) is 0.290. The zero-order valence-electron chi connectivity index (χ0n) is 11.6. The predicted octanol–water partition coefficient (Wildman–Crippen LogP) is 1.30. The van der Waals surface area contributed by atoms with Gasteiger partial charge >= 0.3 is 0 Å². The van der Waals surface area contributed by atoms with E-state index in [1.54, 1.807) is 11.8 Å². The molecular formula is C13H24N2O2. The first-order valence-corrected chi connectivity index (χ1v) is 6.32. The van der Waals surface area contributed by atoms with Crippen LogP contribution in [-0.2, 0) is 9.59 Å². The molecule has 0 spiro atoms. The zero-order chi connectivity index (χ0) is 13.2. The van der Waals surface area contributed by atoms with Crippen molar-refractivity contribution in [2.45, 2.75) is 52.6 Å². The number of rotatable bonds is 2. The fourth-order valence-electron chi connectivity index (χ4n) is 2.38. The van der Waals surface area contributed by atoms with Crippen LogP contribution in [0.3, 0.4) is 0 Å². The molecule has 1 aliphatic rings. The van der Waals surface area contributed by atoms with Crippen molar-refractivity contribution in [3.8, 4) is 0 Å². The minimum atomic E-state index is -0.141. The minimum Gasteiger partial charge on any atom is -0.340 e. The molecule has 0 bridgehead atoms. The highest BCUT2D eigenvalue weighted by Crippen LogP contribution is 2.22. The fourth-order valence-corrected chi connectivity index (χ4v) is 2.38. The normalized spacial score (nSPS) is 22.6. The van der Waals surface area contributed by atoms with E-state index >= 15 is 0 Å². The van der Waals surface area contributed by atoms with Gasteiger partial charge in [0.15, 0.2) is 5.78 Å². The van der Waals surface area contributed by atoms with Gasteiger partial charge in [0.1, 0.15) is 0 Å². The number of Topliss-reactive ketones (excluding diaryl/α,β-unsaturated/α-hetero) is 1. The molecular weight excluding hydrogens is 216 g/mol. The number of nitrogens with zero attached hydrogens (tertiary/aromatic N) is 2. The van der Waals surface area contributed by atoms with E-state index in [2.05, 4.69) is 25.7 Å². The SMILES string of the molecule is CCC(=O)C1CN(C(C)=O)CCN1C(C)(C)C. The fraction of sp³-hybridized carbons (Fsp3) is 0.846. The maximum absolute atomic E-state index is 12.0.